The molecule has 6 rings (SSSR count). The first kappa shape index (κ1) is 54.7. The molecule has 19 nitrogen and oxygen atoms in total. The van der Waals surface area contributed by atoms with Crippen LogP contribution in [-0.4, -0.2) is 172 Å². The number of amides is 1. The van der Waals surface area contributed by atoms with E-state index in [0.717, 1.165) is 11.3 Å². The summed E-state index contributed by atoms with van der Waals surface area (Å²) < 4.78 is 53.5. The number of ether oxygens (including phenoxy) is 8. The van der Waals surface area contributed by atoms with E-state index in [1.54, 1.807) is 60.4 Å². The van der Waals surface area contributed by atoms with Crippen LogP contribution in [0.1, 0.15) is 101 Å². The molecular formula is C50H80N6O13. The van der Waals surface area contributed by atoms with E-state index in [2.05, 4.69) is 15.4 Å². The van der Waals surface area contributed by atoms with Gasteiger partial charge in [0, 0.05) is 81.7 Å². The minimum absolute atomic E-state index is 0.119. The summed E-state index contributed by atoms with van der Waals surface area (Å²) in [7, 11) is 6.85. The lowest BCUT2D eigenvalue weighted by atomic mass is 9.73. The van der Waals surface area contributed by atoms with Crippen molar-refractivity contribution in [3.05, 3.63) is 37.1 Å². The van der Waals surface area contributed by atoms with Gasteiger partial charge in [0.2, 0.25) is 0 Å². The molecule has 0 radical (unpaired) electrons. The van der Waals surface area contributed by atoms with Crippen molar-refractivity contribution in [1.82, 2.24) is 29.9 Å². The molecule has 18 atom stereocenters. The Bertz CT molecular complexity index is 2030. The fourth-order valence-corrected chi connectivity index (χ4v) is 11.3. The summed E-state index contributed by atoms with van der Waals surface area (Å²) in [4.78, 5) is 54.8. The van der Waals surface area contributed by atoms with E-state index in [4.69, 9.17) is 37.9 Å². The van der Waals surface area contributed by atoms with Crippen LogP contribution < -0.4 is 5.43 Å². The maximum Gasteiger partial charge on any atom is 0.425 e. The smallest absolute Gasteiger partial charge is 0.425 e. The first-order valence-corrected chi connectivity index (χ1v) is 24.7. The molecule has 0 spiro atoms. The highest BCUT2D eigenvalue weighted by atomic mass is 16.7. The molecule has 4 aliphatic rings. The van der Waals surface area contributed by atoms with E-state index >= 15 is 4.79 Å². The first-order chi connectivity index (χ1) is 32.5. The lowest BCUT2D eigenvalue weighted by molar-refractivity contribution is -0.319. The molecular weight excluding hydrogens is 893 g/mol. The average Bonchev–Trinajstić information content (AvgIpc) is 3.90. The van der Waals surface area contributed by atoms with Gasteiger partial charge < -0.3 is 57.6 Å². The van der Waals surface area contributed by atoms with E-state index < -0.39 is 108 Å². The van der Waals surface area contributed by atoms with Crippen molar-refractivity contribution in [1.29, 1.82) is 0 Å². The van der Waals surface area contributed by atoms with Crippen LogP contribution in [-0.2, 0) is 54.0 Å². The molecule has 6 heterocycles. The number of aromatic nitrogens is 3. The van der Waals surface area contributed by atoms with E-state index in [1.165, 1.54) is 12.1 Å². The molecule has 0 bridgehead atoms. The fourth-order valence-electron chi connectivity index (χ4n) is 11.3. The monoisotopic (exact) mass is 973 g/mol. The number of nitrogens with zero attached hydrogens (tertiary/aromatic N) is 5. The van der Waals surface area contributed by atoms with Gasteiger partial charge in [0.15, 0.2) is 18.2 Å². The first-order valence-electron chi connectivity index (χ1n) is 24.7. The average molecular weight is 973 g/mol. The molecule has 4 aliphatic heterocycles. The number of carbonyl (C=O) groups excluding carboxylic acids is 3. The van der Waals surface area contributed by atoms with Crippen LogP contribution in [0.4, 0.5) is 4.79 Å². The van der Waals surface area contributed by atoms with Crippen molar-refractivity contribution in [2.75, 3.05) is 34.9 Å². The van der Waals surface area contributed by atoms with Gasteiger partial charge >= 0.3 is 12.1 Å². The number of hydrazine groups is 1. The van der Waals surface area contributed by atoms with Gasteiger partial charge in [-0.15, -0.1) is 0 Å². The summed E-state index contributed by atoms with van der Waals surface area (Å²) in [6.45, 7) is 19.0. The minimum Gasteiger partial charge on any atom is -0.458 e. The number of hydrogen-bond donors (Lipinski definition) is 3. The summed E-state index contributed by atoms with van der Waals surface area (Å²) >= 11 is 0. The number of cyclic esters (lactones) is 1. The van der Waals surface area contributed by atoms with Crippen molar-refractivity contribution in [2.24, 2.45) is 23.7 Å². The zero-order chi connectivity index (χ0) is 50.7. The topological polar surface area (TPSA) is 215 Å². The maximum absolute atomic E-state index is 15.1. The Balaban J connectivity index is 1.36. The number of Topliss-reactive ketones (excluding diaryl/α,β-unsaturated/α-hetero) is 1. The zero-order valence-corrected chi connectivity index (χ0v) is 43.2. The van der Waals surface area contributed by atoms with Gasteiger partial charge in [-0.3, -0.25) is 14.6 Å². The number of aliphatic hydroxyl groups excluding tert-OH is 2. The molecule has 0 saturated carbocycles. The van der Waals surface area contributed by atoms with Gasteiger partial charge in [-0.05, 0) is 93.5 Å². The third-order valence-corrected chi connectivity index (χ3v) is 15.5. The SMILES string of the molecule is CC[C@H]1OC(=O)[C@H](C)[C@@H](OC2CC(C)(OC)C(O)C(C)O2)[C@H](C)[C@@H](O[C@@H]2O[C@H](C)C[C@H](N(C)C)[C@H]2O)[C@](C)(OC)C[C@@H](C)C(=O)[C@H](C)[C@H]2N(NCCCn3cnc(-c4cccnc4)c3)C(=O)O[C@]12C. The Hall–Kier alpha value is -3.63. The molecule has 19 heteroatoms. The highest BCUT2D eigenvalue weighted by Crippen LogP contribution is 2.44. The number of aryl methyl sites for hydroxylation is 1. The van der Waals surface area contributed by atoms with Gasteiger partial charge in [0.1, 0.15) is 30.1 Å². The van der Waals surface area contributed by atoms with Crippen LogP contribution in [0.25, 0.3) is 11.3 Å². The molecule has 3 N–H and O–H groups in total. The second-order valence-electron chi connectivity index (χ2n) is 20.8. The molecule has 1 amide bonds. The van der Waals surface area contributed by atoms with Crippen molar-refractivity contribution >= 4 is 17.8 Å². The highest BCUT2D eigenvalue weighted by molar-refractivity contribution is 5.85. The summed E-state index contributed by atoms with van der Waals surface area (Å²) in [5.74, 6) is -4.09. The number of fused-ring (bicyclic) bond motifs is 1. The van der Waals surface area contributed by atoms with Crippen molar-refractivity contribution in [3.63, 3.8) is 0 Å². The van der Waals surface area contributed by atoms with Crippen LogP contribution >= 0.6 is 0 Å². The number of rotatable bonds is 14. The fraction of sp³-hybridized carbons (Fsp3) is 0.780. The Morgan fingerprint density at radius 1 is 0.957 bits per heavy atom. The summed E-state index contributed by atoms with van der Waals surface area (Å²) in [6, 6.07) is 2.58. The number of carbonyl (C=O) groups is 3. The second kappa shape index (κ2) is 22.4. The van der Waals surface area contributed by atoms with Crippen LogP contribution in [0.2, 0.25) is 0 Å². The van der Waals surface area contributed by atoms with E-state index in [9.17, 15) is 19.8 Å². The van der Waals surface area contributed by atoms with Gasteiger partial charge in [-0.25, -0.2) is 20.2 Å². The van der Waals surface area contributed by atoms with Crippen molar-refractivity contribution < 1.29 is 62.5 Å². The molecule has 0 aromatic carbocycles. The molecule has 4 fully saturated rings. The van der Waals surface area contributed by atoms with Crippen molar-refractivity contribution in [2.45, 2.75) is 192 Å². The summed E-state index contributed by atoms with van der Waals surface area (Å²) in [5, 5.41) is 24.3. The third kappa shape index (κ3) is 11.5. The van der Waals surface area contributed by atoms with Crippen LogP contribution in [0.5, 0.6) is 0 Å². The Morgan fingerprint density at radius 3 is 2.30 bits per heavy atom. The van der Waals surface area contributed by atoms with Gasteiger partial charge in [0.05, 0.1) is 53.6 Å². The van der Waals surface area contributed by atoms with Gasteiger partial charge in [-0.1, -0.05) is 27.7 Å². The molecule has 4 unspecified atom stereocenters. The number of hydrogen-bond acceptors (Lipinski definition) is 17. The van der Waals surface area contributed by atoms with E-state index in [-0.39, 0.29) is 37.2 Å². The summed E-state index contributed by atoms with van der Waals surface area (Å²) in [5.41, 5.74) is 1.15. The normalized spacial score (nSPS) is 40.6. The number of nitrogens with one attached hydrogen (secondary N) is 1. The molecule has 2 aromatic heterocycles. The molecule has 388 valence electrons. The minimum atomic E-state index is -1.49. The van der Waals surface area contributed by atoms with Crippen molar-refractivity contribution in [3.8, 4) is 11.3 Å². The predicted molar refractivity (Wildman–Crippen MR) is 253 cm³/mol. The number of esters is 1. The largest absolute Gasteiger partial charge is 0.458 e. The Labute approximate surface area is 408 Å². The van der Waals surface area contributed by atoms with Gasteiger partial charge in [-0.2, -0.15) is 0 Å². The van der Waals surface area contributed by atoms with E-state index in [0.29, 0.717) is 25.9 Å². The zero-order valence-electron chi connectivity index (χ0n) is 43.2. The van der Waals surface area contributed by atoms with E-state index in [1.807, 2.05) is 76.5 Å². The van der Waals surface area contributed by atoms with Crippen LogP contribution in [0, 0.1) is 23.7 Å². The van der Waals surface area contributed by atoms with Crippen LogP contribution in [0.3, 0.4) is 0 Å². The number of likely N-dealkylation sites (N-methyl/N-ethyl adjacent to an activating group) is 1. The van der Waals surface area contributed by atoms with Crippen LogP contribution in [0.15, 0.2) is 37.1 Å². The number of pyridine rings is 1. The molecule has 4 saturated heterocycles. The predicted octanol–water partition coefficient (Wildman–Crippen LogP) is 4.76. The lowest BCUT2D eigenvalue weighted by Crippen LogP contribution is -2.62. The second-order valence-corrected chi connectivity index (χ2v) is 20.8. The standard InChI is InChI=1S/C50H80N6O13/c1-15-37-50(10)42(56(47(61)69-50)53-20-17-21-55-26-35(52-27-55)34-18-16-19-51-25-34)30(4)39(57)28(2)23-49(9,63-14)44(68-46-40(58)36(54(11)12)22-29(3)64-46)31(5)41(32(6)45(60)66-37)67-38-24-48(8,62-13)43(59)33(7)65-38/h16,18-19,25-33,36-38,40-44,46,53,58-59H,15,17,20-24H2,1-14H3/t28-,29-,30+,31+,32-,33?,36+,37-,38?,40-,41+,42-,43?,44-,46+,48?,49-,50-/m1/s1. The highest BCUT2D eigenvalue weighted by Gasteiger charge is 2.61. The lowest BCUT2D eigenvalue weighted by Gasteiger charge is -2.50. The number of ketones is 1. The van der Waals surface area contributed by atoms with Gasteiger partial charge in [0.25, 0.3) is 0 Å². The maximum atomic E-state index is 15.1. The Morgan fingerprint density at radius 2 is 1.67 bits per heavy atom. The molecule has 69 heavy (non-hydrogen) atoms. The third-order valence-electron chi connectivity index (χ3n) is 15.5. The molecule has 2 aromatic rings. The quantitative estimate of drug-likeness (QED) is 0.172. The Kier molecular flexibility index (Phi) is 17.8. The number of imidazole rings is 1. The molecule has 0 aliphatic carbocycles. The summed E-state index contributed by atoms with van der Waals surface area (Å²) in [6.07, 6.45) is -0.0317. The number of methoxy groups -OCH3 is 2. The number of aliphatic hydroxyl groups is 2.